The number of rotatable bonds is 15. The molecule has 0 aliphatic carbocycles. The smallest absolute Gasteiger partial charge is 0.193 e. The number of hydrogen-bond donors (Lipinski definition) is 1. The molecule has 0 unspecified atom stereocenters. The van der Waals surface area contributed by atoms with Crippen LogP contribution in [0.3, 0.4) is 0 Å². The number of benzene rings is 12. The highest BCUT2D eigenvalue weighted by molar-refractivity contribution is 6.11. The van der Waals surface area contributed by atoms with E-state index in [2.05, 4.69) is 85.4 Å². The number of H-pyrrole nitrogens is 1. The summed E-state index contributed by atoms with van der Waals surface area (Å²) in [6, 6.07) is 92.3. The lowest BCUT2D eigenvalue weighted by molar-refractivity contribution is 0.103. The standard InChI is InChI=1S/C81H54N8O4/c1-50-21-23-52(24-22-50)75(90)53-27-25-51(26-28-53)66-13-10-17-70-74(66)86-78(82-70)58-29-31-59(32-30-58)79-83-67-14-3-6-18-71(67)87(79)62-41-33-54(34-42-62)76(91)55-35-43-63(44-36-55)88-72-19-7-4-15-68(72)84-80(88)60-11-9-12-61(49-60)81-85-69-16-5-8-20-73(69)89(81)64-45-37-56(38-46-64)77(92)57-39-47-65(93-2)48-40-57/h3-49H,1-2H3,(H,82,86). The number of aromatic amines is 1. The molecule has 0 bridgehead atoms. The van der Waals surface area contributed by atoms with Gasteiger partial charge in [0.25, 0.3) is 0 Å². The Morgan fingerprint density at radius 2 is 0.688 bits per heavy atom. The van der Waals surface area contributed by atoms with Gasteiger partial charge in [-0.2, -0.15) is 0 Å². The molecule has 16 aromatic rings. The first-order valence-corrected chi connectivity index (χ1v) is 30.6. The summed E-state index contributed by atoms with van der Waals surface area (Å²) in [5, 5.41) is 0. The number of hydrogen-bond acceptors (Lipinski definition) is 8. The number of carbonyl (C=O) groups is 3. The maximum absolute atomic E-state index is 14.4. The first-order valence-electron chi connectivity index (χ1n) is 30.6. The number of nitrogens with one attached hydrogen (secondary N) is 1. The zero-order chi connectivity index (χ0) is 62.7. The van der Waals surface area contributed by atoms with Gasteiger partial charge in [0.15, 0.2) is 17.3 Å². The molecule has 0 spiro atoms. The first kappa shape index (κ1) is 55.6. The molecule has 93 heavy (non-hydrogen) atoms. The third-order valence-corrected chi connectivity index (χ3v) is 17.3. The Morgan fingerprint density at radius 3 is 1.13 bits per heavy atom. The van der Waals surface area contributed by atoms with Crippen LogP contribution in [-0.2, 0) is 0 Å². The van der Waals surface area contributed by atoms with Gasteiger partial charge in [0, 0.05) is 78.3 Å². The van der Waals surface area contributed by atoms with Crippen molar-refractivity contribution in [2.45, 2.75) is 6.92 Å². The zero-order valence-electron chi connectivity index (χ0n) is 50.4. The second-order valence-electron chi connectivity index (χ2n) is 23.0. The average Bonchev–Trinajstić information content (AvgIpc) is 1.68. The lowest BCUT2D eigenvalue weighted by atomic mass is 9.98. The summed E-state index contributed by atoms with van der Waals surface area (Å²) in [6.45, 7) is 2.01. The SMILES string of the molecule is COc1ccc(C(=O)c2ccc(-n3c(-c4cccc(-c5nc6ccccc6n5-c5ccc(C(=O)c6ccc(-n7c(-c8ccc(-c9nc%10cccc(-c%11ccc(C(=O)c%12ccc(C)cc%12)cc%11)c%10[nH]9)cc8)nc8ccccc87)cc6)cc5)c4)nc4ccccc43)cc2)cc1. The third kappa shape index (κ3) is 10.1. The van der Waals surface area contributed by atoms with E-state index >= 15 is 0 Å². The summed E-state index contributed by atoms with van der Waals surface area (Å²) in [6.07, 6.45) is 0. The molecule has 1 N–H and O–H groups in total. The number of aromatic nitrogens is 8. The topological polar surface area (TPSA) is 143 Å². The van der Waals surface area contributed by atoms with Crippen molar-refractivity contribution < 1.29 is 19.1 Å². The largest absolute Gasteiger partial charge is 0.497 e. The number of ketones is 3. The molecule has 0 amide bonds. The second-order valence-corrected chi connectivity index (χ2v) is 23.0. The first-order chi connectivity index (χ1) is 45.7. The van der Waals surface area contributed by atoms with Gasteiger partial charge in [0.1, 0.15) is 29.0 Å². The summed E-state index contributed by atoms with van der Waals surface area (Å²) >= 11 is 0. The molecule has 4 heterocycles. The van der Waals surface area contributed by atoms with E-state index in [1.54, 1.807) is 31.4 Å². The van der Waals surface area contributed by atoms with Crippen LogP contribution in [0.4, 0.5) is 0 Å². The molecule has 12 aromatic carbocycles. The Kier molecular flexibility index (Phi) is 13.8. The van der Waals surface area contributed by atoms with Gasteiger partial charge in [-0.25, -0.2) is 19.9 Å². The molecule has 442 valence electrons. The molecule has 0 aliphatic heterocycles. The van der Waals surface area contributed by atoms with Crippen molar-refractivity contribution in [3.63, 3.8) is 0 Å². The molecular formula is C81H54N8O4. The number of nitrogens with zero attached hydrogens (tertiary/aromatic N) is 7. The molecule has 16 rings (SSSR count). The predicted molar refractivity (Wildman–Crippen MR) is 368 cm³/mol. The van der Waals surface area contributed by atoms with Crippen molar-refractivity contribution in [3.05, 3.63) is 324 Å². The van der Waals surface area contributed by atoms with Gasteiger partial charge in [-0.15, -0.1) is 0 Å². The van der Waals surface area contributed by atoms with Crippen molar-refractivity contribution >= 4 is 61.5 Å². The number of fused-ring (bicyclic) bond motifs is 4. The number of aryl methyl sites for hydroxylation is 1. The van der Waals surface area contributed by atoms with Crippen LogP contribution >= 0.6 is 0 Å². The summed E-state index contributed by atoms with van der Waals surface area (Å²) in [7, 11) is 1.60. The Balaban J connectivity index is 0.657. The Bertz CT molecular complexity index is 5570. The molecule has 4 aromatic heterocycles. The fraction of sp³-hybridized carbons (Fsp3) is 0.0247. The van der Waals surface area contributed by atoms with Crippen LogP contribution < -0.4 is 4.74 Å². The van der Waals surface area contributed by atoms with Crippen LogP contribution in [0.15, 0.2) is 285 Å². The van der Waals surface area contributed by atoms with Gasteiger partial charge in [-0.05, 0) is 158 Å². The van der Waals surface area contributed by atoms with Crippen molar-refractivity contribution in [1.29, 1.82) is 0 Å². The van der Waals surface area contributed by atoms with Crippen LogP contribution in [0, 0.1) is 6.92 Å². The van der Waals surface area contributed by atoms with Crippen LogP contribution in [0.2, 0.25) is 0 Å². The number of para-hydroxylation sites is 7. The lowest BCUT2D eigenvalue weighted by Gasteiger charge is -2.13. The summed E-state index contributed by atoms with van der Waals surface area (Å²) in [5.41, 5.74) is 19.8. The van der Waals surface area contributed by atoms with E-state index < -0.39 is 0 Å². The zero-order valence-corrected chi connectivity index (χ0v) is 50.4. The molecular weight excluding hydrogens is 1150 g/mol. The molecule has 0 saturated carbocycles. The monoisotopic (exact) mass is 1200 g/mol. The van der Waals surface area contributed by atoms with Gasteiger partial charge in [-0.3, -0.25) is 28.1 Å². The highest BCUT2D eigenvalue weighted by atomic mass is 16.5. The molecule has 12 nitrogen and oxygen atoms in total. The molecule has 12 heteroatoms. The Labute approximate surface area is 534 Å². The normalized spacial score (nSPS) is 11.5. The number of carbonyl (C=O) groups excluding carboxylic acids is 3. The summed E-state index contributed by atoms with van der Waals surface area (Å²) in [5.74, 6) is 3.46. The number of methoxy groups -OCH3 is 1. The maximum atomic E-state index is 14.4. The minimum Gasteiger partial charge on any atom is -0.497 e. The minimum absolute atomic E-state index is 0.00989. The highest BCUT2D eigenvalue weighted by Gasteiger charge is 2.22. The molecule has 0 fully saturated rings. The number of ether oxygens (including phenoxy) is 1. The maximum Gasteiger partial charge on any atom is 0.193 e. The number of imidazole rings is 4. The van der Waals surface area contributed by atoms with Crippen LogP contribution in [0.25, 0.3) is 118 Å². The van der Waals surface area contributed by atoms with Gasteiger partial charge >= 0.3 is 0 Å². The predicted octanol–water partition coefficient (Wildman–Crippen LogP) is 17.9. The highest BCUT2D eigenvalue weighted by Crippen LogP contribution is 2.37. The molecule has 0 radical (unpaired) electrons. The van der Waals surface area contributed by atoms with Crippen molar-refractivity contribution in [2.75, 3.05) is 7.11 Å². The van der Waals surface area contributed by atoms with E-state index in [0.717, 1.165) is 123 Å². The minimum atomic E-state index is -0.106. The van der Waals surface area contributed by atoms with Crippen molar-refractivity contribution in [2.24, 2.45) is 0 Å². The van der Waals surface area contributed by atoms with Crippen LogP contribution in [-0.4, -0.2) is 63.1 Å². The van der Waals surface area contributed by atoms with Gasteiger partial charge in [0.2, 0.25) is 0 Å². The van der Waals surface area contributed by atoms with Gasteiger partial charge in [-0.1, -0.05) is 145 Å². The third-order valence-electron chi connectivity index (χ3n) is 17.3. The molecule has 0 saturated heterocycles. The van der Waals surface area contributed by atoms with Crippen molar-refractivity contribution in [1.82, 2.24) is 38.6 Å². The average molecular weight is 1200 g/mol. The van der Waals surface area contributed by atoms with Crippen LogP contribution in [0.1, 0.15) is 53.3 Å². The Hall–Kier alpha value is -12.7. The summed E-state index contributed by atoms with van der Waals surface area (Å²) in [4.78, 5) is 65.4. The molecule has 0 aliphatic rings. The van der Waals surface area contributed by atoms with E-state index in [9.17, 15) is 14.4 Å². The molecule has 0 atom stereocenters. The van der Waals surface area contributed by atoms with E-state index in [4.69, 9.17) is 24.7 Å². The van der Waals surface area contributed by atoms with Crippen molar-refractivity contribution in [3.8, 4) is 79.5 Å². The van der Waals surface area contributed by atoms with E-state index in [-0.39, 0.29) is 17.3 Å². The van der Waals surface area contributed by atoms with E-state index in [1.807, 2.05) is 201 Å². The van der Waals surface area contributed by atoms with E-state index in [0.29, 0.717) is 39.1 Å². The Morgan fingerprint density at radius 1 is 0.333 bits per heavy atom. The van der Waals surface area contributed by atoms with Crippen LogP contribution in [0.5, 0.6) is 5.75 Å². The second kappa shape index (κ2) is 23.0. The van der Waals surface area contributed by atoms with E-state index in [1.165, 1.54) is 0 Å². The quantitative estimate of drug-likeness (QED) is 0.100. The lowest BCUT2D eigenvalue weighted by Crippen LogP contribution is -2.04. The fourth-order valence-electron chi connectivity index (χ4n) is 12.5. The summed E-state index contributed by atoms with van der Waals surface area (Å²) < 4.78 is 11.7. The fourth-order valence-corrected chi connectivity index (χ4v) is 12.5. The van der Waals surface area contributed by atoms with Gasteiger partial charge < -0.3 is 9.72 Å². The van der Waals surface area contributed by atoms with Gasteiger partial charge in [0.05, 0.1) is 51.2 Å².